The van der Waals surface area contributed by atoms with Gasteiger partial charge < -0.3 is 0 Å². The van der Waals surface area contributed by atoms with Gasteiger partial charge in [-0.15, -0.1) is 11.3 Å². The van der Waals surface area contributed by atoms with Gasteiger partial charge in [-0.1, -0.05) is 6.07 Å². The highest BCUT2D eigenvalue weighted by Gasteiger charge is 2.01. The Balaban J connectivity index is 2.48. The lowest BCUT2D eigenvalue weighted by Crippen LogP contribution is -2.01. The smallest absolute Gasteiger partial charge is 0.264 e. The molecule has 1 heterocycles. The fourth-order valence-corrected chi connectivity index (χ4v) is 1.59. The van der Waals surface area contributed by atoms with Crippen molar-refractivity contribution in [2.45, 2.75) is 6.61 Å². The molecule has 0 saturated heterocycles. The highest BCUT2D eigenvalue weighted by Crippen LogP contribution is 2.10. The molecule has 62 valence electrons. The van der Waals surface area contributed by atoms with Gasteiger partial charge in [-0.3, -0.25) is 4.18 Å². The van der Waals surface area contributed by atoms with Gasteiger partial charge in [-0.2, -0.15) is 8.42 Å². The minimum absolute atomic E-state index is 0.149. The summed E-state index contributed by atoms with van der Waals surface area (Å²) in [5.41, 5.74) is 0. The van der Waals surface area contributed by atoms with E-state index in [1.165, 1.54) is 11.3 Å². The largest absolute Gasteiger partial charge is 0.265 e. The first-order chi connectivity index (χ1) is 5.08. The number of hydrogen-bond acceptors (Lipinski definition) is 4. The van der Waals surface area contributed by atoms with Crippen LogP contribution in [0.2, 0.25) is 0 Å². The van der Waals surface area contributed by atoms with Gasteiger partial charge in [0.05, 0.1) is 6.26 Å². The van der Waals surface area contributed by atoms with Gasteiger partial charge in [0.1, 0.15) is 6.61 Å². The molecule has 0 fully saturated rings. The van der Waals surface area contributed by atoms with Gasteiger partial charge in [0.25, 0.3) is 10.1 Å². The zero-order valence-corrected chi connectivity index (χ0v) is 7.61. The summed E-state index contributed by atoms with van der Waals surface area (Å²) in [6.45, 7) is 0.149. The predicted octanol–water partition coefficient (Wildman–Crippen LogP) is 1.22. The van der Waals surface area contributed by atoms with Gasteiger partial charge in [0, 0.05) is 4.88 Å². The Morgan fingerprint density at radius 3 is 2.82 bits per heavy atom. The average Bonchev–Trinajstić information content (AvgIpc) is 2.32. The zero-order chi connectivity index (χ0) is 8.32. The molecule has 5 heteroatoms. The Hall–Kier alpha value is -0.390. The molecule has 0 atom stereocenters. The van der Waals surface area contributed by atoms with E-state index in [2.05, 4.69) is 4.18 Å². The van der Waals surface area contributed by atoms with Crippen molar-refractivity contribution < 1.29 is 12.6 Å². The molecule has 0 N–H and O–H groups in total. The minimum Gasteiger partial charge on any atom is -0.265 e. The van der Waals surface area contributed by atoms with E-state index in [1.54, 1.807) is 0 Å². The van der Waals surface area contributed by atoms with Crippen molar-refractivity contribution in [3.8, 4) is 0 Å². The lowest BCUT2D eigenvalue weighted by atomic mass is 10.5. The van der Waals surface area contributed by atoms with Crippen molar-refractivity contribution in [3.05, 3.63) is 22.4 Å². The lowest BCUT2D eigenvalue weighted by Gasteiger charge is -1.96. The summed E-state index contributed by atoms with van der Waals surface area (Å²) >= 11 is 1.47. The Kier molecular flexibility index (Phi) is 2.64. The van der Waals surface area contributed by atoms with Crippen LogP contribution in [0, 0.1) is 0 Å². The summed E-state index contributed by atoms with van der Waals surface area (Å²) in [7, 11) is -3.29. The monoisotopic (exact) mass is 192 g/mol. The number of hydrogen-bond donors (Lipinski definition) is 0. The van der Waals surface area contributed by atoms with Crippen LogP contribution in [0.25, 0.3) is 0 Å². The Labute approximate surface area is 69.7 Å². The van der Waals surface area contributed by atoms with Crippen LogP contribution in [0.5, 0.6) is 0 Å². The summed E-state index contributed by atoms with van der Waals surface area (Å²) in [6, 6.07) is 3.68. The van der Waals surface area contributed by atoms with Crippen LogP contribution in [0.3, 0.4) is 0 Å². The third kappa shape index (κ3) is 3.50. The van der Waals surface area contributed by atoms with E-state index >= 15 is 0 Å². The molecule has 1 aromatic heterocycles. The first-order valence-electron chi connectivity index (χ1n) is 2.95. The van der Waals surface area contributed by atoms with Gasteiger partial charge >= 0.3 is 0 Å². The molecule has 0 aromatic carbocycles. The molecule has 0 radical (unpaired) electrons. The zero-order valence-electron chi connectivity index (χ0n) is 5.98. The summed E-state index contributed by atoms with van der Waals surface area (Å²) in [5.74, 6) is 0. The standard InChI is InChI=1S/C6H8O3S2/c1-11(7,8)9-5-6-3-2-4-10-6/h2-4H,5H2,1H3. The van der Waals surface area contributed by atoms with Crippen molar-refractivity contribution >= 4 is 21.5 Å². The van der Waals surface area contributed by atoms with Gasteiger partial charge in [0.15, 0.2) is 0 Å². The van der Waals surface area contributed by atoms with Crippen molar-refractivity contribution in [2.24, 2.45) is 0 Å². The van der Waals surface area contributed by atoms with Crippen LogP contribution in [0.1, 0.15) is 4.88 Å². The molecule has 0 amide bonds. The number of rotatable bonds is 3. The fourth-order valence-electron chi connectivity index (χ4n) is 0.560. The maximum Gasteiger partial charge on any atom is 0.264 e. The van der Waals surface area contributed by atoms with E-state index in [-0.39, 0.29) is 6.61 Å². The first kappa shape index (κ1) is 8.70. The number of thiophene rings is 1. The van der Waals surface area contributed by atoms with Crippen molar-refractivity contribution in [1.82, 2.24) is 0 Å². The quantitative estimate of drug-likeness (QED) is 0.676. The van der Waals surface area contributed by atoms with E-state index in [9.17, 15) is 8.42 Å². The molecule has 0 saturated carbocycles. The third-order valence-electron chi connectivity index (χ3n) is 0.995. The van der Waals surface area contributed by atoms with Gasteiger partial charge in [0.2, 0.25) is 0 Å². The summed E-state index contributed by atoms with van der Waals surface area (Å²) in [6.07, 6.45) is 1.04. The van der Waals surface area contributed by atoms with Gasteiger partial charge in [-0.25, -0.2) is 0 Å². The highest BCUT2D eigenvalue weighted by atomic mass is 32.2. The maximum absolute atomic E-state index is 10.5. The highest BCUT2D eigenvalue weighted by molar-refractivity contribution is 7.85. The molecule has 1 aromatic rings. The Morgan fingerprint density at radius 1 is 1.64 bits per heavy atom. The molecule has 1 rings (SSSR count). The van der Waals surface area contributed by atoms with Crippen molar-refractivity contribution in [2.75, 3.05) is 6.26 Å². The Morgan fingerprint density at radius 2 is 2.36 bits per heavy atom. The summed E-state index contributed by atoms with van der Waals surface area (Å²) in [4.78, 5) is 0.912. The molecule has 0 aliphatic carbocycles. The maximum atomic E-state index is 10.5. The van der Waals surface area contributed by atoms with Crippen LogP contribution >= 0.6 is 11.3 Å². The van der Waals surface area contributed by atoms with Crippen LogP contribution in [-0.2, 0) is 20.9 Å². The molecule has 0 aliphatic rings. The van der Waals surface area contributed by atoms with Crippen LogP contribution in [-0.4, -0.2) is 14.7 Å². The van der Waals surface area contributed by atoms with E-state index in [0.717, 1.165) is 11.1 Å². The average molecular weight is 192 g/mol. The molecule has 11 heavy (non-hydrogen) atoms. The molecule has 0 unspecified atom stereocenters. The summed E-state index contributed by atoms with van der Waals surface area (Å²) in [5, 5.41) is 1.88. The van der Waals surface area contributed by atoms with Crippen molar-refractivity contribution in [3.63, 3.8) is 0 Å². The molecular formula is C6H8O3S2. The van der Waals surface area contributed by atoms with Crippen molar-refractivity contribution in [1.29, 1.82) is 0 Å². The van der Waals surface area contributed by atoms with Crippen LogP contribution < -0.4 is 0 Å². The van der Waals surface area contributed by atoms with E-state index < -0.39 is 10.1 Å². The third-order valence-corrected chi connectivity index (χ3v) is 2.39. The molecular weight excluding hydrogens is 184 g/mol. The Bertz CT molecular complexity index is 299. The molecule has 0 aliphatic heterocycles. The second-order valence-electron chi connectivity index (χ2n) is 2.05. The minimum atomic E-state index is -3.29. The van der Waals surface area contributed by atoms with Crippen LogP contribution in [0.4, 0.5) is 0 Å². The second-order valence-corrected chi connectivity index (χ2v) is 4.72. The van der Waals surface area contributed by atoms with E-state index in [0.29, 0.717) is 0 Å². The lowest BCUT2D eigenvalue weighted by molar-refractivity contribution is 0.315. The molecule has 0 spiro atoms. The summed E-state index contributed by atoms with van der Waals surface area (Å²) < 4.78 is 25.6. The van der Waals surface area contributed by atoms with Crippen LogP contribution in [0.15, 0.2) is 17.5 Å². The normalized spacial score (nSPS) is 11.7. The SMILES string of the molecule is CS(=O)(=O)OCc1cccs1. The van der Waals surface area contributed by atoms with E-state index in [4.69, 9.17) is 0 Å². The molecule has 0 bridgehead atoms. The van der Waals surface area contributed by atoms with E-state index in [1.807, 2.05) is 17.5 Å². The fraction of sp³-hybridized carbons (Fsp3) is 0.333. The second kappa shape index (κ2) is 3.34. The molecule has 3 nitrogen and oxygen atoms in total. The topological polar surface area (TPSA) is 43.4 Å². The predicted molar refractivity (Wildman–Crippen MR) is 44.0 cm³/mol. The van der Waals surface area contributed by atoms with Gasteiger partial charge in [-0.05, 0) is 11.4 Å². The first-order valence-corrected chi connectivity index (χ1v) is 5.64.